The molecule has 1 aliphatic carbocycles. The van der Waals surface area contributed by atoms with Gasteiger partial charge in [0, 0.05) is 24.5 Å². The lowest BCUT2D eigenvalue weighted by atomic mass is 9.95. The first-order valence-corrected chi connectivity index (χ1v) is 7.94. The van der Waals surface area contributed by atoms with Crippen LogP contribution in [0.4, 0.5) is 5.13 Å². The van der Waals surface area contributed by atoms with Crippen molar-refractivity contribution in [3.63, 3.8) is 0 Å². The highest BCUT2D eigenvalue weighted by molar-refractivity contribution is 7.15. The molecule has 1 aliphatic rings. The van der Waals surface area contributed by atoms with E-state index in [2.05, 4.69) is 31.1 Å². The number of hydrogen-bond donors (Lipinski definition) is 1. The number of anilines is 1. The molecular weight excluding hydrogens is 242 g/mol. The van der Waals surface area contributed by atoms with Gasteiger partial charge in [0.05, 0.1) is 5.69 Å². The van der Waals surface area contributed by atoms with Crippen LogP contribution < -0.4 is 10.2 Å². The van der Waals surface area contributed by atoms with Crippen LogP contribution in [0.5, 0.6) is 0 Å². The molecule has 0 atom stereocenters. The van der Waals surface area contributed by atoms with Crippen LogP contribution in [0.1, 0.15) is 49.6 Å². The summed E-state index contributed by atoms with van der Waals surface area (Å²) >= 11 is 1.85. The van der Waals surface area contributed by atoms with E-state index in [1.165, 1.54) is 47.8 Å². The molecule has 0 aliphatic heterocycles. The van der Waals surface area contributed by atoms with E-state index in [1.807, 2.05) is 11.3 Å². The lowest BCUT2D eigenvalue weighted by Crippen LogP contribution is -2.33. The van der Waals surface area contributed by atoms with Crippen molar-refractivity contribution in [2.45, 2.75) is 58.5 Å². The van der Waals surface area contributed by atoms with Gasteiger partial charge in [-0.05, 0) is 26.3 Å². The Bertz CT molecular complexity index is 369. The molecule has 0 bridgehead atoms. The third-order valence-corrected chi connectivity index (χ3v) is 5.09. The van der Waals surface area contributed by atoms with Gasteiger partial charge >= 0.3 is 0 Å². The van der Waals surface area contributed by atoms with Crippen molar-refractivity contribution < 1.29 is 0 Å². The second-order valence-electron chi connectivity index (χ2n) is 5.19. The van der Waals surface area contributed by atoms with Gasteiger partial charge in [-0.3, -0.25) is 0 Å². The smallest absolute Gasteiger partial charge is 0.185 e. The fraction of sp³-hybridized carbons (Fsp3) is 0.786. The lowest BCUT2D eigenvalue weighted by Gasteiger charge is -2.30. The van der Waals surface area contributed by atoms with E-state index in [0.717, 1.165) is 13.1 Å². The second-order valence-corrected chi connectivity index (χ2v) is 6.25. The SMILES string of the molecule is CCNCc1sc(N(C)C2CCCCC2)nc1C. The molecule has 1 aromatic rings. The van der Waals surface area contributed by atoms with Crippen LogP contribution in [0.2, 0.25) is 0 Å². The lowest BCUT2D eigenvalue weighted by molar-refractivity contribution is 0.427. The van der Waals surface area contributed by atoms with E-state index >= 15 is 0 Å². The number of rotatable bonds is 5. The summed E-state index contributed by atoms with van der Waals surface area (Å²) in [5.74, 6) is 0. The van der Waals surface area contributed by atoms with Crippen LogP contribution >= 0.6 is 11.3 Å². The van der Waals surface area contributed by atoms with Gasteiger partial charge < -0.3 is 10.2 Å². The standard InChI is InChI=1S/C14H25N3S/c1-4-15-10-13-11(2)16-14(18-13)17(3)12-8-6-5-7-9-12/h12,15H,4-10H2,1-3H3. The van der Waals surface area contributed by atoms with Crippen molar-refractivity contribution in [2.75, 3.05) is 18.5 Å². The summed E-state index contributed by atoms with van der Waals surface area (Å²) in [6.07, 6.45) is 6.83. The van der Waals surface area contributed by atoms with Gasteiger partial charge in [-0.25, -0.2) is 4.98 Å². The van der Waals surface area contributed by atoms with Crippen LogP contribution in [0.25, 0.3) is 0 Å². The monoisotopic (exact) mass is 267 g/mol. The van der Waals surface area contributed by atoms with E-state index in [9.17, 15) is 0 Å². The fourth-order valence-electron chi connectivity index (χ4n) is 2.59. The molecule has 2 rings (SSSR count). The minimum absolute atomic E-state index is 0.705. The maximum atomic E-state index is 4.74. The number of hydrogen-bond acceptors (Lipinski definition) is 4. The molecule has 1 heterocycles. The molecule has 0 radical (unpaired) electrons. The van der Waals surface area contributed by atoms with Crippen LogP contribution in [-0.2, 0) is 6.54 Å². The topological polar surface area (TPSA) is 28.2 Å². The predicted octanol–water partition coefficient (Wildman–Crippen LogP) is 3.33. The molecule has 1 aromatic heterocycles. The summed E-state index contributed by atoms with van der Waals surface area (Å²) in [4.78, 5) is 8.54. The van der Waals surface area contributed by atoms with E-state index in [1.54, 1.807) is 0 Å². The van der Waals surface area contributed by atoms with Gasteiger partial charge in [0.2, 0.25) is 0 Å². The molecule has 4 heteroatoms. The predicted molar refractivity (Wildman–Crippen MR) is 79.5 cm³/mol. The van der Waals surface area contributed by atoms with E-state index in [4.69, 9.17) is 4.98 Å². The zero-order valence-corrected chi connectivity index (χ0v) is 12.6. The largest absolute Gasteiger partial charge is 0.348 e. The molecule has 0 spiro atoms. The Hall–Kier alpha value is -0.610. The summed E-state index contributed by atoms with van der Waals surface area (Å²) in [6, 6.07) is 0.705. The van der Waals surface area contributed by atoms with Crippen molar-refractivity contribution >= 4 is 16.5 Å². The Morgan fingerprint density at radius 1 is 1.33 bits per heavy atom. The number of aryl methyl sites for hydroxylation is 1. The zero-order valence-electron chi connectivity index (χ0n) is 11.8. The second kappa shape index (κ2) is 6.53. The highest BCUT2D eigenvalue weighted by atomic mass is 32.1. The van der Waals surface area contributed by atoms with Crippen LogP contribution in [0, 0.1) is 6.92 Å². The van der Waals surface area contributed by atoms with Crippen LogP contribution in [-0.4, -0.2) is 24.6 Å². The normalized spacial score (nSPS) is 17.1. The Kier molecular flexibility index (Phi) is 5.01. The minimum Gasteiger partial charge on any atom is -0.348 e. The first kappa shape index (κ1) is 13.8. The first-order chi connectivity index (χ1) is 8.72. The molecule has 0 unspecified atom stereocenters. The summed E-state index contributed by atoms with van der Waals surface area (Å²) in [5.41, 5.74) is 1.19. The molecule has 102 valence electrons. The summed E-state index contributed by atoms with van der Waals surface area (Å²) in [7, 11) is 2.21. The summed E-state index contributed by atoms with van der Waals surface area (Å²) < 4.78 is 0. The van der Waals surface area contributed by atoms with Crippen molar-refractivity contribution in [3.05, 3.63) is 10.6 Å². The van der Waals surface area contributed by atoms with Gasteiger partial charge in [0.25, 0.3) is 0 Å². The maximum Gasteiger partial charge on any atom is 0.185 e. The average Bonchev–Trinajstić information content (AvgIpc) is 2.78. The highest BCUT2D eigenvalue weighted by Crippen LogP contribution is 2.30. The average molecular weight is 267 g/mol. The molecule has 1 N–H and O–H groups in total. The third kappa shape index (κ3) is 3.23. The van der Waals surface area contributed by atoms with E-state index in [0.29, 0.717) is 6.04 Å². The first-order valence-electron chi connectivity index (χ1n) is 7.12. The third-order valence-electron chi connectivity index (χ3n) is 3.84. The number of nitrogens with one attached hydrogen (secondary N) is 1. The van der Waals surface area contributed by atoms with Gasteiger partial charge in [-0.1, -0.05) is 26.2 Å². The van der Waals surface area contributed by atoms with Crippen molar-refractivity contribution in [1.82, 2.24) is 10.3 Å². The van der Waals surface area contributed by atoms with Crippen LogP contribution in [0.3, 0.4) is 0 Å². The molecule has 0 amide bonds. The van der Waals surface area contributed by atoms with E-state index < -0.39 is 0 Å². The molecule has 1 saturated carbocycles. The summed E-state index contributed by atoms with van der Waals surface area (Å²) in [6.45, 7) is 6.25. The van der Waals surface area contributed by atoms with E-state index in [-0.39, 0.29) is 0 Å². The minimum atomic E-state index is 0.705. The van der Waals surface area contributed by atoms with Gasteiger partial charge in [0.15, 0.2) is 5.13 Å². The maximum absolute atomic E-state index is 4.74. The Balaban J connectivity index is 2.02. The zero-order chi connectivity index (χ0) is 13.0. The quantitative estimate of drug-likeness (QED) is 0.887. The summed E-state index contributed by atoms with van der Waals surface area (Å²) in [5, 5.41) is 4.59. The van der Waals surface area contributed by atoms with Crippen LogP contribution in [0.15, 0.2) is 0 Å². The molecule has 1 fully saturated rings. The number of nitrogens with zero attached hydrogens (tertiary/aromatic N) is 2. The molecule has 0 saturated heterocycles. The molecule has 3 nitrogen and oxygen atoms in total. The highest BCUT2D eigenvalue weighted by Gasteiger charge is 2.21. The Labute approximate surface area is 115 Å². The number of aromatic nitrogens is 1. The van der Waals surface area contributed by atoms with Crippen molar-refractivity contribution in [3.8, 4) is 0 Å². The molecule has 18 heavy (non-hydrogen) atoms. The Morgan fingerprint density at radius 3 is 2.72 bits per heavy atom. The van der Waals surface area contributed by atoms with Gasteiger partial charge in [0.1, 0.15) is 0 Å². The Morgan fingerprint density at radius 2 is 2.06 bits per heavy atom. The fourth-order valence-corrected chi connectivity index (χ4v) is 3.65. The number of thiazole rings is 1. The van der Waals surface area contributed by atoms with Gasteiger partial charge in [-0.2, -0.15) is 0 Å². The van der Waals surface area contributed by atoms with Crippen molar-refractivity contribution in [2.24, 2.45) is 0 Å². The van der Waals surface area contributed by atoms with Gasteiger partial charge in [-0.15, -0.1) is 11.3 Å². The van der Waals surface area contributed by atoms with Crippen molar-refractivity contribution in [1.29, 1.82) is 0 Å². The molecule has 0 aromatic carbocycles. The molecular formula is C14H25N3S.